The molecule has 1 unspecified atom stereocenters. The Labute approximate surface area is 114 Å². The second-order valence-electron chi connectivity index (χ2n) is 3.97. The van der Waals surface area contributed by atoms with Gasteiger partial charge < -0.3 is 9.84 Å². The van der Waals surface area contributed by atoms with Crippen LogP contribution < -0.4 is 10.4 Å². The molecule has 7 heteroatoms. The highest BCUT2D eigenvalue weighted by Gasteiger charge is 2.12. The van der Waals surface area contributed by atoms with Gasteiger partial charge in [0.15, 0.2) is 5.16 Å². The van der Waals surface area contributed by atoms with Gasteiger partial charge in [-0.3, -0.25) is 4.57 Å². The highest BCUT2D eigenvalue weighted by molar-refractivity contribution is 7.99. The maximum atomic E-state index is 11.2. The summed E-state index contributed by atoms with van der Waals surface area (Å²) in [6.07, 6.45) is -0.646. The van der Waals surface area contributed by atoms with E-state index in [0.29, 0.717) is 16.7 Å². The van der Waals surface area contributed by atoms with Crippen molar-refractivity contribution in [3.63, 3.8) is 0 Å². The molecular formula is C12H15N3O3S. The lowest BCUT2D eigenvalue weighted by atomic mass is 10.1. The van der Waals surface area contributed by atoms with Crippen LogP contribution in [0.15, 0.2) is 34.2 Å². The fraction of sp³-hybridized carbons (Fsp3) is 0.333. The number of nitrogens with zero attached hydrogens (tertiary/aromatic N) is 2. The number of H-pyrrole nitrogens is 1. The molecule has 0 aliphatic rings. The molecule has 102 valence electrons. The molecule has 0 bridgehead atoms. The summed E-state index contributed by atoms with van der Waals surface area (Å²) in [6.45, 7) is 0. The number of ether oxygens (including phenoxy) is 1. The predicted molar refractivity (Wildman–Crippen MR) is 72.5 cm³/mol. The van der Waals surface area contributed by atoms with Crippen molar-refractivity contribution in [1.82, 2.24) is 14.8 Å². The van der Waals surface area contributed by atoms with Gasteiger partial charge in [-0.2, -0.15) is 0 Å². The van der Waals surface area contributed by atoms with E-state index in [2.05, 4.69) is 10.2 Å². The molecule has 0 spiro atoms. The molecule has 1 aromatic carbocycles. The van der Waals surface area contributed by atoms with Crippen LogP contribution in [0.4, 0.5) is 0 Å². The van der Waals surface area contributed by atoms with Gasteiger partial charge in [0.1, 0.15) is 5.75 Å². The minimum Gasteiger partial charge on any atom is -0.497 e. The van der Waals surface area contributed by atoms with E-state index in [-0.39, 0.29) is 5.69 Å². The van der Waals surface area contributed by atoms with Gasteiger partial charge in [-0.25, -0.2) is 9.89 Å². The number of aliphatic hydroxyl groups excluding tert-OH is 1. The highest BCUT2D eigenvalue weighted by atomic mass is 32.2. The van der Waals surface area contributed by atoms with Crippen LogP contribution in [0, 0.1) is 0 Å². The van der Waals surface area contributed by atoms with Gasteiger partial charge >= 0.3 is 5.69 Å². The van der Waals surface area contributed by atoms with Crippen LogP contribution in [0.5, 0.6) is 5.75 Å². The van der Waals surface area contributed by atoms with Crippen LogP contribution in [0.2, 0.25) is 0 Å². The Morgan fingerprint density at radius 1 is 1.58 bits per heavy atom. The second kappa shape index (κ2) is 5.94. The molecule has 2 N–H and O–H groups in total. The summed E-state index contributed by atoms with van der Waals surface area (Å²) in [5, 5.41) is 16.9. The Hall–Kier alpha value is -1.73. The number of thioether (sulfide) groups is 1. The average molecular weight is 281 g/mol. The van der Waals surface area contributed by atoms with Crippen molar-refractivity contribution in [2.24, 2.45) is 7.05 Å². The molecule has 19 heavy (non-hydrogen) atoms. The fourth-order valence-electron chi connectivity index (χ4n) is 1.56. The normalized spacial score (nSPS) is 12.4. The van der Waals surface area contributed by atoms with Crippen LogP contribution in [0.25, 0.3) is 0 Å². The first-order valence-corrected chi connectivity index (χ1v) is 6.66. The van der Waals surface area contributed by atoms with E-state index >= 15 is 0 Å². The SMILES string of the molecule is COc1cccc(C(O)CSc2n[nH]c(=O)n2C)c1. The topological polar surface area (TPSA) is 80.1 Å². The highest BCUT2D eigenvalue weighted by Crippen LogP contribution is 2.24. The van der Waals surface area contributed by atoms with Crippen LogP contribution in [-0.4, -0.2) is 32.7 Å². The zero-order valence-electron chi connectivity index (χ0n) is 10.7. The second-order valence-corrected chi connectivity index (χ2v) is 4.96. The zero-order valence-corrected chi connectivity index (χ0v) is 11.5. The minimum absolute atomic E-state index is 0.265. The summed E-state index contributed by atoms with van der Waals surface area (Å²) in [6, 6.07) is 7.26. The lowest BCUT2D eigenvalue weighted by molar-refractivity contribution is 0.203. The molecule has 0 saturated heterocycles. The molecular weight excluding hydrogens is 266 g/mol. The van der Waals surface area contributed by atoms with Crippen molar-refractivity contribution in [2.75, 3.05) is 12.9 Å². The molecule has 6 nitrogen and oxygen atoms in total. The average Bonchev–Trinajstić information content (AvgIpc) is 2.76. The summed E-state index contributed by atoms with van der Waals surface area (Å²) in [5.41, 5.74) is 0.505. The smallest absolute Gasteiger partial charge is 0.343 e. The van der Waals surface area contributed by atoms with Gasteiger partial charge in [-0.15, -0.1) is 5.10 Å². The number of hydrogen-bond donors (Lipinski definition) is 2. The van der Waals surface area contributed by atoms with Crippen molar-refractivity contribution in [2.45, 2.75) is 11.3 Å². The third-order valence-corrected chi connectivity index (χ3v) is 3.79. The van der Waals surface area contributed by atoms with Crippen LogP contribution >= 0.6 is 11.8 Å². The van der Waals surface area contributed by atoms with Gasteiger partial charge in [0, 0.05) is 12.8 Å². The Morgan fingerprint density at radius 3 is 3.00 bits per heavy atom. The first-order valence-electron chi connectivity index (χ1n) is 5.68. The summed E-state index contributed by atoms with van der Waals surface area (Å²) in [4.78, 5) is 11.2. The molecule has 0 saturated carbocycles. The minimum atomic E-state index is -0.646. The molecule has 0 radical (unpaired) electrons. The van der Waals surface area contributed by atoms with Crippen molar-refractivity contribution in [1.29, 1.82) is 0 Å². The monoisotopic (exact) mass is 281 g/mol. The van der Waals surface area contributed by atoms with Crippen molar-refractivity contribution < 1.29 is 9.84 Å². The zero-order chi connectivity index (χ0) is 13.8. The number of aliphatic hydroxyl groups is 1. The number of hydrogen-bond acceptors (Lipinski definition) is 5. The van der Waals surface area contributed by atoms with Gasteiger partial charge in [-0.05, 0) is 17.7 Å². The fourth-order valence-corrected chi connectivity index (χ4v) is 2.45. The van der Waals surface area contributed by atoms with Crippen LogP contribution in [0.3, 0.4) is 0 Å². The van der Waals surface area contributed by atoms with Gasteiger partial charge in [-0.1, -0.05) is 23.9 Å². The standard InChI is InChI=1S/C12H15N3O3S/c1-15-11(17)13-14-12(15)19-7-10(16)8-4-3-5-9(6-8)18-2/h3-6,10,16H,7H2,1-2H3,(H,13,17). The maximum absolute atomic E-state index is 11.2. The molecule has 2 rings (SSSR count). The van der Waals surface area contributed by atoms with Gasteiger partial charge in [0.25, 0.3) is 0 Å². The van der Waals surface area contributed by atoms with E-state index in [1.54, 1.807) is 20.2 Å². The van der Waals surface area contributed by atoms with E-state index in [0.717, 1.165) is 5.56 Å². The molecule has 0 amide bonds. The quantitative estimate of drug-likeness (QED) is 0.797. The van der Waals surface area contributed by atoms with Crippen LogP contribution in [-0.2, 0) is 7.05 Å². The number of nitrogens with one attached hydrogen (secondary N) is 1. The molecule has 0 fully saturated rings. The Bertz CT molecular complexity index is 608. The maximum Gasteiger partial charge on any atom is 0.343 e. The molecule has 0 aliphatic carbocycles. The Kier molecular flexibility index (Phi) is 4.28. The van der Waals surface area contributed by atoms with E-state index in [9.17, 15) is 9.90 Å². The first-order chi connectivity index (χ1) is 9.11. The van der Waals surface area contributed by atoms with E-state index < -0.39 is 6.10 Å². The third-order valence-electron chi connectivity index (χ3n) is 2.69. The summed E-state index contributed by atoms with van der Waals surface area (Å²) >= 11 is 1.31. The summed E-state index contributed by atoms with van der Waals surface area (Å²) in [7, 11) is 3.21. The summed E-state index contributed by atoms with van der Waals surface area (Å²) < 4.78 is 6.52. The number of benzene rings is 1. The van der Waals surface area contributed by atoms with Crippen molar-refractivity contribution in [3.05, 3.63) is 40.3 Å². The lowest BCUT2D eigenvalue weighted by Crippen LogP contribution is -2.13. The van der Waals surface area contributed by atoms with Crippen LogP contribution in [0.1, 0.15) is 11.7 Å². The van der Waals surface area contributed by atoms with Crippen molar-refractivity contribution >= 4 is 11.8 Å². The van der Waals surface area contributed by atoms with E-state index in [1.807, 2.05) is 18.2 Å². The molecule has 1 heterocycles. The molecule has 2 aromatic rings. The van der Waals surface area contributed by atoms with E-state index in [1.165, 1.54) is 16.3 Å². The molecule has 1 aromatic heterocycles. The Morgan fingerprint density at radius 2 is 2.37 bits per heavy atom. The number of rotatable bonds is 5. The Balaban J connectivity index is 2.02. The van der Waals surface area contributed by atoms with Gasteiger partial charge in [0.2, 0.25) is 0 Å². The predicted octanol–water partition coefficient (Wildman–Crippen LogP) is 0.943. The lowest BCUT2D eigenvalue weighted by Gasteiger charge is -2.11. The number of methoxy groups -OCH3 is 1. The van der Waals surface area contributed by atoms with Gasteiger partial charge in [0.05, 0.1) is 13.2 Å². The third kappa shape index (κ3) is 3.18. The summed E-state index contributed by atoms with van der Waals surface area (Å²) in [5.74, 6) is 1.11. The molecule has 1 atom stereocenters. The number of aromatic amines is 1. The molecule has 0 aliphatic heterocycles. The largest absolute Gasteiger partial charge is 0.497 e. The first kappa shape index (κ1) is 13.7. The number of aromatic nitrogens is 3. The van der Waals surface area contributed by atoms with E-state index in [4.69, 9.17) is 4.74 Å². The van der Waals surface area contributed by atoms with Crippen molar-refractivity contribution in [3.8, 4) is 5.75 Å².